The number of para-hydroxylation sites is 1. The number of carbonyl (C=O) groups is 3. The van der Waals surface area contributed by atoms with Gasteiger partial charge in [-0.2, -0.15) is 0 Å². The van der Waals surface area contributed by atoms with Gasteiger partial charge in [0, 0.05) is 13.1 Å². The summed E-state index contributed by atoms with van der Waals surface area (Å²) in [6, 6.07) is 16.9. The van der Waals surface area contributed by atoms with E-state index in [0.29, 0.717) is 18.8 Å². The van der Waals surface area contributed by atoms with Crippen LogP contribution in [0.2, 0.25) is 0 Å². The van der Waals surface area contributed by atoms with Crippen molar-refractivity contribution in [3.05, 3.63) is 60.2 Å². The number of carboxylic acid groups (broad SMARTS) is 1. The highest BCUT2D eigenvalue weighted by Crippen LogP contribution is 2.43. The second kappa shape index (κ2) is 10.7. The molecule has 7 nitrogen and oxygen atoms in total. The third kappa shape index (κ3) is 6.37. The number of amides is 1. The maximum absolute atomic E-state index is 13.3. The zero-order valence-electron chi connectivity index (χ0n) is 20.2. The number of benzene rings is 2. The number of esters is 1. The summed E-state index contributed by atoms with van der Waals surface area (Å²) in [6.45, 7) is 8.04. The van der Waals surface area contributed by atoms with Crippen molar-refractivity contribution >= 4 is 17.8 Å². The van der Waals surface area contributed by atoms with Crippen LogP contribution in [-0.4, -0.2) is 40.0 Å². The minimum Gasteiger partial charge on any atom is -0.481 e. The minimum absolute atomic E-state index is 0.189. The van der Waals surface area contributed by atoms with Crippen LogP contribution in [0.25, 0.3) is 0 Å². The molecule has 0 aliphatic heterocycles. The molecular weight excluding hydrogens is 434 g/mol. The molecule has 1 aliphatic carbocycles. The summed E-state index contributed by atoms with van der Waals surface area (Å²) in [7, 11) is 0. The molecule has 182 valence electrons. The Kier molecular flexibility index (Phi) is 7.97. The summed E-state index contributed by atoms with van der Waals surface area (Å²) in [5.74, 6) is -3.11. The summed E-state index contributed by atoms with van der Waals surface area (Å²) in [6.07, 6.45) is 0.926. The average Bonchev–Trinajstić information content (AvgIpc) is 2.73. The third-order valence-electron chi connectivity index (χ3n) is 5.77. The van der Waals surface area contributed by atoms with E-state index in [1.54, 1.807) is 25.7 Å². The fraction of sp³-hybridized carbons (Fsp3) is 0.444. The molecule has 2 aromatic rings. The molecule has 2 aromatic carbocycles. The Balaban J connectivity index is 1.66. The van der Waals surface area contributed by atoms with Crippen molar-refractivity contribution in [2.24, 2.45) is 17.8 Å². The second-order valence-electron chi connectivity index (χ2n) is 9.67. The molecule has 1 aliphatic rings. The van der Waals surface area contributed by atoms with Gasteiger partial charge in [0.2, 0.25) is 5.91 Å². The first-order valence-corrected chi connectivity index (χ1v) is 11.7. The van der Waals surface area contributed by atoms with Crippen molar-refractivity contribution < 1.29 is 29.0 Å². The monoisotopic (exact) mass is 467 g/mol. The first-order chi connectivity index (χ1) is 16.1. The number of hydrogen-bond acceptors (Lipinski definition) is 5. The van der Waals surface area contributed by atoms with Crippen LogP contribution in [0.4, 0.5) is 0 Å². The fourth-order valence-corrected chi connectivity index (χ4v) is 4.15. The van der Waals surface area contributed by atoms with Gasteiger partial charge >= 0.3 is 11.9 Å². The van der Waals surface area contributed by atoms with E-state index in [2.05, 4.69) is 0 Å². The number of carbonyl (C=O) groups excluding carboxylic acids is 2. The van der Waals surface area contributed by atoms with Crippen molar-refractivity contribution in [2.75, 3.05) is 6.54 Å². The van der Waals surface area contributed by atoms with Gasteiger partial charge in [-0.25, -0.2) is 0 Å². The number of nitrogens with zero attached hydrogens (tertiary/aromatic N) is 1. The van der Waals surface area contributed by atoms with E-state index in [4.69, 9.17) is 9.47 Å². The van der Waals surface area contributed by atoms with Gasteiger partial charge in [-0.05, 0) is 63.4 Å². The Hall–Kier alpha value is -3.35. The Bertz CT molecular complexity index is 996. The van der Waals surface area contributed by atoms with E-state index in [1.807, 2.05) is 61.5 Å². The van der Waals surface area contributed by atoms with Crippen molar-refractivity contribution in [1.29, 1.82) is 0 Å². The molecule has 0 saturated heterocycles. The largest absolute Gasteiger partial charge is 0.481 e. The predicted molar refractivity (Wildman–Crippen MR) is 127 cm³/mol. The van der Waals surface area contributed by atoms with Crippen LogP contribution in [0.15, 0.2) is 54.6 Å². The summed E-state index contributed by atoms with van der Waals surface area (Å²) in [5.41, 5.74) is 0.206. The van der Waals surface area contributed by atoms with E-state index in [-0.39, 0.29) is 12.3 Å². The van der Waals surface area contributed by atoms with Gasteiger partial charge < -0.3 is 19.5 Å². The summed E-state index contributed by atoms with van der Waals surface area (Å²) in [5, 5.41) is 9.73. The van der Waals surface area contributed by atoms with Crippen molar-refractivity contribution in [3.8, 4) is 11.5 Å². The maximum atomic E-state index is 13.3. The molecular formula is C27H33NO6. The van der Waals surface area contributed by atoms with Gasteiger partial charge in [0.15, 0.2) is 0 Å². The van der Waals surface area contributed by atoms with E-state index < -0.39 is 35.3 Å². The summed E-state index contributed by atoms with van der Waals surface area (Å²) in [4.78, 5) is 39.3. The smallest absolute Gasteiger partial charge is 0.310 e. The van der Waals surface area contributed by atoms with Crippen LogP contribution < -0.4 is 4.74 Å². The molecule has 0 spiro atoms. The van der Waals surface area contributed by atoms with Crippen LogP contribution in [0, 0.1) is 17.8 Å². The van der Waals surface area contributed by atoms with Crippen LogP contribution in [0.3, 0.4) is 0 Å². The molecule has 0 heterocycles. The van der Waals surface area contributed by atoms with Crippen molar-refractivity contribution in [1.82, 2.24) is 4.90 Å². The number of hydrogen-bond donors (Lipinski definition) is 1. The zero-order chi connectivity index (χ0) is 24.9. The zero-order valence-corrected chi connectivity index (χ0v) is 20.2. The van der Waals surface area contributed by atoms with E-state index in [0.717, 1.165) is 17.7 Å². The third-order valence-corrected chi connectivity index (χ3v) is 5.77. The van der Waals surface area contributed by atoms with Crippen LogP contribution in [-0.2, 0) is 25.7 Å². The van der Waals surface area contributed by atoms with Crippen LogP contribution >= 0.6 is 0 Å². The molecule has 1 N–H and O–H groups in total. The molecule has 3 unspecified atom stereocenters. The van der Waals surface area contributed by atoms with E-state index >= 15 is 0 Å². The fourth-order valence-electron chi connectivity index (χ4n) is 4.15. The lowest BCUT2D eigenvalue weighted by Crippen LogP contribution is -2.54. The SMILES string of the molecule is CCCN(Cc1ccc(Oc2ccccc2)cc1)C(=O)C1CC(C(=O)OC(C)(C)C)C1C(=O)O. The number of carboxylic acids is 1. The Morgan fingerprint density at radius 2 is 1.59 bits per heavy atom. The standard InChI is InChI=1S/C27H33NO6/c1-5-15-28(17-18-11-13-20(14-12-18)33-19-9-7-6-8-10-19)24(29)21-16-22(23(21)25(30)31)26(32)34-27(2,3)4/h6-14,21-23H,5,15-17H2,1-4H3,(H,30,31). The Morgan fingerprint density at radius 1 is 0.971 bits per heavy atom. The number of ether oxygens (including phenoxy) is 2. The highest BCUT2D eigenvalue weighted by molar-refractivity contribution is 5.92. The molecule has 34 heavy (non-hydrogen) atoms. The summed E-state index contributed by atoms with van der Waals surface area (Å²) < 4.78 is 11.2. The van der Waals surface area contributed by atoms with Crippen LogP contribution in [0.5, 0.6) is 11.5 Å². The van der Waals surface area contributed by atoms with Crippen LogP contribution in [0.1, 0.15) is 46.1 Å². The Morgan fingerprint density at radius 3 is 2.15 bits per heavy atom. The quantitative estimate of drug-likeness (QED) is 0.528. The molecule has 0 bridgehead atoms. The van der Waals surface area contributed by atoms with Crippen molar-refractivity contribution in [2.45, 2.75) is 52.7 Å². The highest BCUT2D eigenvalue weighted by atomic mass is 16.6. The van der Waals surface area contributed by atoms with E-state index in [9.17, 15) is 19.5 Å². The average molecular weight is 468 g/mol. The maximum Gasteiger partial charge on any atom is 0.310 e. The van der Waals surface area contributed by atoms with E-state index in [1.165, 1.54) is 0 Å². The lowest BCUT2D eigenvalue weighted by Gasteiger charge is -2.42. The highest BCUT2D eigenvalue weighted by Gasteiger charge is 2.55. The summed E-state index contributed by atoms with van der Waals surface area (Å²) >= 11 is 0. The molecule has 3 rings (SSSR count). The van der Waals surface area contributed by atoms with Gasteiger partial charge in [0.25, 0.3) is 0 Å². The lowest BCUT2D eigenvalue weighted by atomic mass is 9.64. The molecule has 0 aromatic heterocycles. The first-order valence-electron chi connectivity index (χ1n) is 11.7. The molecule has 3 atom stereocenters. The normalized spacial score (nSPS) is 19.6. The van der Waals surface area contributed by atoms with Gasteiger partial charge in [0.1, 0.15) is 17.1 Å². The number of rotatable bonds is 9. The molecule has 1 amide bonds. The Labute approximate surface area is 200 Å². The predicted octanol–water partition coefficient (Wildman–Crippen LogP) is 4.90. The van der Waals surface area contributed by atoms with Gasteiger partial charge in [-0.15, -0.1) is 0 Å². The number of aliphatic carboxylic acids is 1. The minimum atomic E-state index is -1.14. The molecule has 1 saturated carbocycles. The lowest BCUT2D eigenvalue weighted by molar-refractivity contribution is -0.181. The second-order valence-corrected chi connectivity index (χ2v) is 9.67. The van der Waals surface area contributed by atoms with Gasteiger partial charge in [0.05, 0.1) is 17.8 Å². The van der Waals surface area contributed by atoms with Gasteiger partial charge in [-0.1, -0.05) is 37.3 Å². The molecule has 1 fully saturated rings. The topological polar surface area (TPSA) is 93.1 Å². The van der Waals surface area contributed by atoms with Crippen molar-refractivity contribution in [3.63, 3.8) is 0 Å². The first kappa shape index (κ1) is 25.3. The van der Waals surface area contributed by atoms with Gasteiger partial charge in [-0.3, -0.25) is 14.4 Å². The molecule has 7 heteroatoms. The molecule has 0 radical (unpaired) electrons.